The normalized spacial score (nSPS) is 13.1. The molecule has 0 radical (unpaired) electrons. The molecule has 132 valence electrons. The first kappa shape index (κ1) is 16.6. The van der Waals surface area contributed by atoms with Gasteiger partial charge in [0.1, 0.15) is 5.82 Å². The molecule has 0 fully saturated rings. The van der Waals surface area contributed by atoms with Gasteiger partial charge in [-0.2, -0.15) is 4.98 Å². The van der Waals surface area contributed by atoms with Crippen LogP contribution in [0.1, 0.15) is 35.2 Å². The van der Waals surface area contributed by atoms with E-state index in [1.165, 1.54) is 35.2 Å². The number of anilines is 3. The second kappa shape index (κ2) is 7.56. The highest BCUT2D eigenvalue weighted by Gasteiger charge is 2.18. The Morgan fingerprint density at radius 1 is 0.923 bits per heavy atom. The fraction of sp³-hybridized carbons (Fsp3) is 0.273. The molecule has 0 saturated heterocycles. The van der Waals surface area contributed by atoms with Crippen LogP contribution in [-0.4, -0.2) is 9.97 Å². The van der Waals surface area contributed by atoms with Crippen LogP contribution < -0.4 is 10.6 Å². The minimum absolute atomic E-state index is 0.673. The van der Waals surface area contributed by atoms with E-state index in [4.69, 9.17) is 9.97 Å². The number of nitrogens with zero attached hydrogens (tertiary/aromatic N) is 2. The maximum Gasteiger partial charge on any atom is 0.229 e. The van der Waals surface area contributed by atoms with Crippen LogP contribution in [0, 0.1) is 6.92 Å². The number of benzene rings is 2. The molecule has 26 heavy (non-hydrogen) atoms. The molecule has 0 amide bonds. The third-order valence-electron chi connectivity index (χ3n) is 4.76. The van der Waals surface area contributed by atoms with E-state index in [2.05, 4.69) is 54.0 Å². The molecule has 2 N–H and O–H groups in total. The molecule has 0 bridgehead atoms. The van der Waals surface area contributed by atoms with Crippen LogP contribution in [0.2, 0.25) is 0 Å². The molecule has 0 saturated carbocycles. The maximum atomic E-state index is 4.79. The van der Waals surface area contributed by atoms with E-state index in [0.29, 0.717) is 5.95 Å². The molecular weight excluding hydrogens is 320 g/mol. The summed E-state index contributed by atoms with van der Waals surface area (Å²) >= 11 is 0. The van der Waals surface area contributed by atoms with Crippen LogP contribution in [0.25, 0.3) is 0 Å². The van der Waals surface area contributed by atoms with Gasteiger partial charge in [0.15, 0.2) is 0 Å². The van der Waals surface area contributed by atoms with Crippen molar-refractivity contribution in [3.8, 4) is 0 Å². The summed E-state index contributed by atoms with van der Waals surface area (Å²) in [6.07, 6.45) is 4.49. The zero-order valence-corrected chi connectivity index (χ0v) is 15.1. The first-order valence-corrected chi connectivity index (χ1v) is 9.29. The summed E-state index contributed by atoms with van der Waals surface area (Å²) < 4.78 is 0. The Labute approximate surface area is 154 Å². The Morgan fingerprint density at radius 3 is 2.62 bits per heavy atom. The SMILES string of the molecule is Cc1cccc(Nc2nc3c(c(NCc4ccccc4)n2)CCCC3)c1. The molecule has 2 aromatic carbocycles. The van der Waals surface area contributed by atoms with Gasteiger partial charge in [0, 0.05) is 17.8 Å². The number of aromatic nitrogens is 2. The molecule has 1 aromatic heterocycles. The summed E-state index contributed by atoms with van der Waals surface area (Å²) in [5.41, 5.74) is 5.95. The van der Waals surface area contributed by atoms with Crippen molar-refractivity contribution in [1.29, 1.82) is 0 Å². The third kappa shape index (κ3) is 3.85. The Bertz CT molecular complexity index is 890. The Kier molecular flexibility index (Phi) is 4.82. The number of rotatable bonds is 5. The number of hydrogen-bond acceptors (Lipinski definition) is 4. The summed E-state index contributed by atoms with van der Waals surface area (Å²) in [4.78, 5) is 9.58. The van der Waals surface area contributed by atoms with Gasteiger partial charge >= 0.3 is 0 Å². The van der Waals surface area contributed by atoms with Crippen molar-refractivity contribution in [3.63, 3.8) is 0 Å². The lowest BCUT2D eigenvalue weighted by molar-refractivity contribution is 0.664. The number of nitrogens with one attached hydrogen (secondary N) is 2. The predicted molar refractivity (Wildman–Crippen MR) is 107 cm³/mol. The quantitative estimate of drug-likeness (QED) is 0.682. The van der Waals surface area contributed by atoms with Crippen LogP contribution in [0.3, 0.4) is 0 Å². The van der Waals surface area contributed by atoms with E-state index >= 15 is 0 Å². The lowest BCUT2D eigenvalue weighted by atomic mass is 9.96. The lowest BCUT2D eigenvalue weighted by Gasteiger charge is -2.20. The van der Waals surface area contributed by atoms with E-state index in [1.807, 2.05) is 18.2 Å². The van der Waals surface area contributed by atoms with E-state index in [1.54, 1.807) is 0 Å². The van der Waals surface area contributed by atoms with Crippen LogP contribution in [0.4, 0.5) is 17.5 Å². The van der Waals surface area contributed by atoms with Crippen molar-refractivity contribution in [2.75, 3.05) is 10.6 Å². The molecule has 1 heterocycles. The molecule has 4 rings (SSSR count). The number of hydrogen-bond donors (Lipinski definition) is 2. The van der Waals surface area contributed by atoms with Crippen LogP contribution in [-0.2, 0) is 19.4 Å². The standard InChI is InChI=1S/C22H24N4/c1-16-8-7-11-18(14-16)24-22-25-20-13-6-5-12-19(20)21(26-22)23-15-17-9-3-2-4-10-17/h2-4,7-11,14H,5-6,12-13,15H2,1H3,(H2,23,24,25,26). The van der Waals surface area contributed by atoms with Crippen molar-refractivity contribution < 1.29 is 0 Å². The fourth-order valence-electron chi connectivity index (χ4n) is 3.43. The van der Waals surface area contributed by atoms with Crippen LogP contribution in [0.5, 0.6) is 0 Å². The van der Waals surface area contributed by atoms with Gasteiger partial charge in [-0.25, -0.2) is 4.98 Å². The predicted octanol–water partition coefficient (Wildman–Crippen LogP) is 5.02. The fourth-order valence-corrected chi connectivity index (χ4v) is 3.43. The van der Waals surface area contributed by atoms with E-state index in [9.17, 15) is 0 Å². The van der Waals surface area contributed by atoms with Gasteiger partial charge in [0.25, 0.3) is 0 Å². The average molecular weight is 344 g/mol. The van der Waals surface area contributed by atoms with E-state index < -0.39 is 0 Å². The highest BCUT2D eigenvalue weighted by Crippen LogP contribution is 2.28. The Hall–Kier alpha value is -2.88. The number of aryl methyl sites for hydroxylation is 2. The summed E-state index contributed by atoms with van der Waals surface area (Å²) in [5.74, 6) is 1.64. The third-order valence-corrected chi connectivity index (χ3v) is 4.76. The Morgan fingerprint density at radius 2 is 1.77 bits per heavy atom. The number of fused-ring (bicyclic) bond motifs is 1. The second-order valence-corrected chi connectivity index (χ2v) is 6.86. The summed E-state index contributed by atoms with van der Waals surface area (Å²) in [6, 6.07) is 18.7. The second-order valence-electron chi connectivity index (χ2n) is 6.86. The largest absolute Gasteiger partial charge is 0.366 e. The summed E-state index contributed by atoms with van der Waals surface area (Å²) in [5, 5.41) is 6.91. The average Bonchev–Trinajstić information content (AvgIpc) is 2.67. The van der Waals surface area contributed by atoms with Gasteiger partial charge in [0.2, 0.25) is 5.95 Å². The van der Waals surface area contributed by atoms with Crippen LogP contribution in [0.15, 0.2) is 54.6 Å². The molecule has 1 aliphatic carbocycles. The van der Waals surface area contributed by atoms with E-state index in [-0.39, 0.29) is 0 Å². The summed E-state index contributed by atoms with van der Waals surface area (Å²) in [6.45, 7) is 2.86. The first-order valence-electron chi connectivity index (χ1n) is 9.29. The topological polar surface area (TPSA) is 49.8 Å². The Balaban J connectivity index is 1.61. The zero-order chi connectivity index (χ0) is 17.8. The highest BCUT2D eigenvalue weighted by atomic mass is 15.1. The minimum atomic E-state index is 0.673. The van der Waals surface area contributed by atoms with Gasteiger partial charge in [-0.3, -0.25) is 0 Å². The highest BCUT2D eigenvalue weighted by molar-refractivity contribution is 5.58. The van der Waals surface area contributed by atoms with Gasteiger partial charge in [-0.05, 0) is 55.9 Å². The molecule has 0 aliphatic heterocycles. The smallest absolute Gasteiger partial charge is 0.229 e. The van der Waals surface area contributed by atoms with E-state index in [0.717, 1.165) is 30.9 Å². The van der Waals surface area contributed by atoms with Gasteiger partial charge in [0.05, 0.1) is 5.69 Å². The summed E-state index contributed by atoms with van der Waals surface area (Å²) in [7, 11) is 0. The molecule has 4 nitrogen and oxygen atoms in total. The van der Waals surface area contributed by atoms with Crippen LogP contribution >= 0.6 is 0 Å². The van der Waals surface area contributed by atoms with Gasteiger partial charge in [-0.1, -0.05) is 42.5 Å². The van der Waals surface area contributed by atoms with Crippen molar-refractivity contribution in [2.24, 2.45) is 0 Å². The molecular formula is C22H24N4. The monoisotopic (exact) mass is 344 g/mol. The van der Waals surface area contributed by atoms with Crippen molar-refractivity contribution in [2.45, 2.75) is 39.2 Å². The van der Waals surface area contributed by atoms with Gasteiger partial charge < -0.3 is 10.6 Å². The zero-order valence-electron chi connectivity index (χ0n) is 15.1. The molecule has 0 atom stereocenters. The molecule has 0 spiro atoms. The maximum absolute atomic E-state index is 4.79. The molecule has 1 aliphatic rings. The van der Waals surface area contributed by atoms with Crippen molar-refractivity contribution >= 4 is 17.5 Å². The lowest BCUT2D eigenvalue weighted by Crippen LogP contribution is -2.14. The van der Waals surface area contributed by atoms with Crippen molar-refractivity contribution in [1.82, 2.24) is 9.97 Å². The van der Waals surface area contributed by atoms with Gasteiger partial charge in [-0.15, -0.1) is 0 Å². The first-order chi connectivity index (χ1) is 12.8. The molecule has 0 unspecified atom stereocenters. The minimum Gasteiger partial charge on any atom is -0.366 e. The van der Waals surface area contributed by atoms with Crippen molar-refractivity contribution in [3.05, 3.63) is 77.0 Å². The molecule has 4 heteroatoms. The molecule has 3 aromatic rings.